The van der Waals surface area contributed by atoms with Gasteiger partial charge in [-0.15, -0.1) is 0 Å². The van der Waals surface area contributed by atoms with Crippen molar-refractivity contribution in [1.82, 2.24) is 15.3 Å². The fourth-order valence-electron chi connectivity index (χ4n) is 2.21. The van der Waals surface area contributed by atoms with Crippen LogP contribution in [0.25, 0.3) is 11.0 Å². The molecule has 0 unspecified atom stereocenters. The quantitative estimate of drug-likeness (QED) is 0.720. The molecule has 7 heteroatoms. The number of carbonyl (C=O) groups excluding carboxylic acids is 1. The van der Waals surface area contributed by atoms with Gasteiger partial charge in [0.15, 0.2) is 6.61 Å². The number of amides is 1. The number of carbonyl (C=O) groups is 1. The summed E-state index contributed by atoms with van der Waals surface area (Å²) >= 11 is 5.65. The Morgan fingerprint density at radius 3 is 2.92 bits per heavy atom. The van der Waals surface area contributed by atoms with Gasteiger partial charge in [-0.3, -0.25) is 4.79 Å². The van der Waals surface area contributed by atoms with Crippen molar-refractivity contribution in [2.24, 2.45) is 0 Å². The molecular formula is C17H15ClFN3O2. The van der Waals surface area contributed by atoms with Crippen LogP contribution in [0.3, 0.4) is 0 Å². The Morgan fingerprint density at radius 1 is 1.29 bits per heavy atom. The van der Waals surface area contributed by atoms with Crippen LogP contribution in [0.5, 0.6) is 5.75 Å². The van der Waals surface area contributed by atoms with Crippen LogP contribution in [0.15, 0.2) is 42.5 Å². The molecule has 2 N–H and O–H groups in total. The SMILES string of the molecule is O=C(COc1ccc(F)c(Cl)c1)NCCc1nc2ccccc2[nH]1. The van der Waals surface area contributed by atoms with Crippen molar-refractivity contribution in [1.29, 1.82) is 0 Å². The molecule has 0 bridgehead atoms. The second kappa shape index (κ2) is 7.31. The molecular weight excluding hydrogens is 333 g/mol. The van der Waals surface area contributed by atoms with Gasteiger partial charge in [0, 0.05) is 19.0 Å². The molecule has 5 nitrogen and oxygen atoms in total. The molecule has 124 valence electrons. The Bertz CT molecular complexity index is 833. The number of ether oxygens (including phenoxy) is 1. The van der Waals surface area contributed by atoms with Crippen molar-refractivity contribution in [3.05, 3.63) is 59.1 Å². The van der Waals surface area contributed by atoms with Crippen LogP contribution in [-0.4, -0.2) is 29.0 Å². The lowest BCUT2D eigenvalue weighted by Gasteiger charge is -2.07. The summed E-state index contributed by atoms with van der Waals surface area (Å²) in [7, 11) is 0. The minimum absolute atomic E-state index is 0.0437. The van der Waals surface area contributed by atoms with E-state index in [1.165, 1.54) is 18.2 Å². The van der Waals surface area contributed by atoms with Crippen LogP contribution in [0.1, 0.15) is 5.82 Å². The van der Waals surface area contributed by atoms with Crippen molar-refractivity contribution in [3.63, 3.8) is 0 Å². The molecule has 24 heavy (non-hydrogen) atoms. The Kier molecular flexibility index (Phi) is 4.96. The zero-order chi connectivity index (χ0) is 16.9. The highest BCUT2D eigenvalue weighted by molar-refractivity contribution is 6.30. The number of aromatic nitrogens is 2. The van der Waals surface area contributed by atoms with E-state index in [0.717, 1.165) is 16.9 Å². The van der Waals surface area contributed by atoms with Gasteiger partial charge < -0.3 is 15.0 Å². The molecule has 3 aromatic rings. The number of benzene rings is 2. The molecule has 0 atom stereocenters. The average molecular weight is 348 g/mol. The number of nitrogens with zero attached hydrogens (tertiary/aromatic N) is 1. The van der Waals surface area contributed by atoms with Gasteiger partial charge in [0.1, 0.15) is 17.4 Å². The molecule has 1 heterocycles. The summed E-state index contributed by atoms with van der Waals surface area (Å²) in [5, 5.41) is 2.70. The largest absolute Gasteiger partial charge is 0.484 e. The maximum absolute atomic E-state index is 13.0. The van der Waals surface area contributed by atoms with E-state index in [0.29, 0.717) is 18.7 Å². The van der Waals surface area contributed by atoms with Crippen molar-refractivity contribution in [2.45, 2.75) is 6.42 Å². The summed E-state index contributed by atoms with van der Waals surface area (Å²) in [5.41, 5.74) is 1.87. The van der Waals surface area contributed by atoms with E-state index < -0.39 is 5.82 Å². The number of para-hydroxylation sites is 2. The minimum Gasteiger partial charge on any atom is -0.484 e. The van der Waals surface area contributed by atoms with E-state index in [2.05, 4.69) is 15.3 Å². The lowest BCUT2D eigenvalue weighted by molar-refractivity contribution is -0.123. The molecule has 0 fully saturated rings. The fourth-order valence-corrected chi connectivity index (χ4v) is 2.38. The lowest BCUT2D eigenvalue weighted by atomic mass is 10.3. The van der Waals surface area contributed by atoms with Crippen LogP contribution >= 0.6 is 11.6 Å². The number of imidazole rings is 1. The van der Waals surface area contributed by atoms with Gasteiger partial charge in [-0.05, 0) is 24.3 Å². The number of H-pyrrole nitrogens is 1. The predicted molar refractivity (Wildman–Crippen MR) is 89.7 cm³/mol. The summed E-state index contributed by atoms with van der Waals surface area (Å²) in [5.74, 6) is 0.349. The molecule has 3 rings (SSSR count). The van der Waals surface area contributed by atoms with Crippen LogP contribution in [-0.2, 0) is 11.2 Å². The van der Waals surface area contributed by atoms with Crippen molar-refractivity contribution in [2.75, 3.05) is 13.2 Å². The first-order valence-electron chi connectivity index (χ1n) is 7.40. The summed E-state index contributed by atoms with van der Waals surface area (Å²) in [6.07, 6.45) is 0.586. The molecule has 0 spiro atoms. The molecule has 0 aliphatic rings. The van der Waals surface area contributed by atoms with Crippen molar-refractivity contribution < 1.29 is 13.9 Å². The summed E-state index contributed by atoms with van der Waals surface area (Å²) < 4.78 is 18.3. The second-order valence-electron chi connectivity index (χ2n) is 5.17. The maximum Gasteiger partial charge on any atom is 0.257 e. The van der Waals surface area contributed by atoms with E-state index in [1.807, 2.05) is 24.3 Å². The zero-order valence-corrected chi connectivity index (χ0v) is 13.4. The van der Waals surface area contributed by atoms with E-state index in [1.54, 1.807) is 0 Å². The van der Waals surface area contributed by atoms with E-state index in [9.17, 15) is 9.18 Å². The molecule has 1 amide bonds. The average Bonchev–Trinajstić information content (AvgIpc) is 2.98. The van der Waals surface area contributed by atoms with E-state index in [-0.39, 0.29) is 17.5 Å². The van der Waals surface area contributed by atoms with Crippen molar-refractivity contribution in [3.8, 4) is 5.75 Å². The summed E-state index contributed by atoms with van der Waals surface area (Å²) in [6, 6.07) is 11.7. The van der Waals surface area contributed by atoms with Crippen LogP contribution < -0.4 is 10.1 Å². The monoisotopic (exact) mass is 347 g/mol. The first-order chi connectivity index (χ1) is 11.6. The molecule has 0 aliphatic heterocycles. The Labute approximate surface area is 142 Å². The standard InChI is InChI=1S/C17H15ClFN3O2/c18-12-9-11(5-6-13(12)19)24-10-17(23)20-8-7-16-21-14-3-1-2-4-15(14)22-16/h1-6,9H,7-8,10H2,(H,20,23)(H,21,22). The number of rotatable bonds is 6. The second-order valence-corrected chi connectivity index (χ2v) is 5.57. The number of halogens is 2. The number of hydrogen-bond donors (Lipinski definition) is 2. The highest BCUT2D eigenvalue weighted by Gasteiger charge is 2.06. The van der Waals surface area contributed by atoms with Crippen molar-refractivity contribution >= 4 is 28.5 Å². The first-order valence-corrected chi connectivity index (χ1v) is 7.78. The Morgan fingerprint density at radius 2 is 2.12 bits per heavy atom. The Balaban J connectivity index is 1.44. The number of fused-ring (bicyclic) bond motifs is 1. The molecule has 0 radical (unpaired) electrons. The van der Waals surface area contributed by atoms with E-state index >= 15 is 0 Å². The van der Waals surface area contributed by atoms with Crippen LogP contribution in [0, 0.1) is 5.82 Å². The number of aromatic amines is 1. The molecule has 2 aromatic carbocycles. The van der Waals surface area contributed by atoms with Gasteiger partial charge in [-0.1, -0.05) is 23.7 Å². The first kappa shape index (κ1) is 16.3. The molecule has 0 aliphatic carbocycles. The van der Waals surface area contributed by atoms with E-state index in [4.69, 9.17) is 16.3 Å². The molecule has 0 saturated carbocycles. The smallest absolute Gasteiger partial charge is 0.257 e. The normalized spacial score (nSPS) is 10.8. The summed E-state index contributed by atoms with van der Waals surface area (Å²) in [6.45, 7) is 0.272. The molecule has 1 aromatic heterocycles. The summed E-state index contributed by atoms with van der Waals surface area (Å²) in [4.78, 5) is 19.4. The minimum atomic E-state index is -0.528. The fraction of sp³-hybridized carbons (Fsp3) is 0.176. The molecule has 0 saturated heterocycles. The Hall–Kier alpha value is -2.60. The number of hydrogen-bond acceptors (Lipinski definition) is 3. The topological polar surface area (TPSA) is 67.0 Å². The third-order valence-corrected chi connectivity index (χ3v) is 3.67. The highest BCUT2D eigenvalue weighted by Crippen LogP contribution is 2.20. The van der Waals surface area contributed by atoms with Gasteiger partial charge >= 0.3 is 0 Å². The van der Waals surface area contributed by atoms with Crippen LogP contribution in [0.2, 0.25) is 5.02 Å². The van der Waals surface area contributed by atoms with Gasteiger partial charge in [0.2, 0.25) is 0 Å². The predicted octanol–water partition coefficient (Wildman–Crippen LogP) is 3.09. The highest BCUT2D eigenvalue weighted by atomic mass is 35.5. The zero-order valence-electron chi connectivity index (χ0n) is 12.7. The van der Waals surface area contributed by atoms with Gasteiger partial charge in [-0.25, -0.2) is 9.37 Å². The van der Waals surface area contributed by atoms with Gasteiger partial charge in [0.05, 0.1) is 16.1 Å². The third kappa shape index (κ3) is 4.02. The maximum atomic E-state index is 13.0. The van der Waals surface area contributed by atoms with Gasteiger partial charge in [-0.2, -0.15) is 0 Å². The lowest BCUT2D eigenvalue weighted by Crippen LogP contribution is -2.30. The van der Waals surface area contributed by atoms with Crippen LogP contribution in [0.4, 0.5) is 4.39 Å². The van der Waals surface area contributed by atoms with Gasteiger partial charge in [0.25, 0.3) is 5.91 Å². The third-order valence-electron chi connectivity index (χ3n) is 3.38. The number of nitrogens with one attached hydrogen (secondary N) is 2.